The van der Waals surface area contributed by atoms with Gasteiger partial charge in [-0.15, -0.1) is 0 Å². The molecule has 1 fully saturated rings. The first-order valence-corrected chi connectivity index (χ1v) is 11.8. The summed E-state index contributed by atoms with van der Waals surface area (Å²) in [5.41, 5.74) is 14.1. The van der Waals surface area contributed by atoms with E-state index in [0.717, 1.165) is 24.9 Å². The summed E-state index contributed by atoms with van der Waals surface area (Å²) in [7, 11) is 1.53. The molecule has 0 saturated carbocycles. The molecule has 4 heterocycles. The molecule has 36 heavy (non-hydrogen) atoms. The largest absolute Gasteiger partial charge is 0.398 e. The summed E-state index contributed by atoms with van der Waals surface area (Å²) in [4.78, 5) is 38.3. The number of nitrogen functional groups attached to an aromatic ring is 1. The number of fused-ring (bicyclic) bond motifs is 1. The third-order valence-corrected chi connectivity index (χ3v) is 6.60. The van der Waals surface area contributed by atoms with Gasteiger partial charge in [0, 0.05) is 31.9 Å². The lowest BCUT2D eigenvalue weighted by atomic mass is 10.1. The molecule has 11 nitrogen and oxygen atoms in total. The molecule has 11 heteroatoms. The van der Waals surface area contributed by atoms with E-state index in [1.807, 2.05) is 29.2 Å². The Labute approximate surface area is 206 Å². The molecule has 4 aromatic rings. The lowest BCUT2D eigenvalue weighted by Gasteiger charge is -2.32. The van der Waals surface area contributed by atoms with Gasteiger partial charge in [-0.2, -0.15) is 5.26 Å². The maximum atomic E-state index is 13.9. The van der Waals surface area contributed by atoms with E-state index in [2.05, 4.69) is 9.97 Å². The highest BCUT2D eigenvalue weighted by molar-refractivity contribution is 5.77. The maximum absolute atomic E-state index is 13.9. The van der Waals surface area contributed by atoms with Crippen LogP contribution in [0.5, 0.6) is 0 Å². The molecule has 1 aromatic carbocycles. The Hall–Kier alpha value is -4.43. The molecule has 0 radical (unpaired) electrons. The molecule has 1 atom stereocenters. The van der Waals surface area contributed by atoms with Crippen molar-refractivity contribution in [3.05, 3.63) is 80.1 Å². The van der Waals surface area contributed by atoms with Crippen molar-refractivity contribution >= 4 is 22.7 Å². The van der Waals surface area contributed by atoms with Crippen LogP contribution in [-0.2, 0) is 20.1 Å². The van der Waals surface area contributed by atoms with E-state index in [1.165, 1.54) is 16.4 Å². The Morgan fingerprint density at radius 1 is 1.08 bits per heavy atom. The number of aromatic nitrogens is 5. The van der Waals surface area contributed by atoms with Crippen molar-refractivity contribution in [2.75, 3.05) is 23.7 Å². The van der Waals surface area contributed by atoms with E-state index in [-0.39, 0.29) is 41.4 Å². The molecular formula is C25H27N9O2. The van der Waals surface area contributed by atoms with Crippen molar-refractivity contribution in [3.8, 4) is 6.07 Å². The van der Waals surface area contributed by atoms with E-state index in [4.69, 9.17) is 11.5 Å². The monoisotopic (exact) mass is 485 g/mol. The van der Waals surface area contributed by atoms with Crippen molar-refractivity contribution in [3.63, 3.8) is 0 Å². The normalized spacial score (nSPS) is 15.8. The lowest BCUT2D eigenvalue weighted by molar-refractivity contribution is 0.493. The molecule has 3 aromatic heterocycles. The van der Waals surface area contributed by atoms with Gasteiger partial charge in [-0.05, 0) is 36.6 Å². The summed E-state index contributed by atoms with van der Waals surface area (Å²) in [6.07, 6.45) is 1.80. The summed E-state index contributed by atoms with van der Waals surface area (Å²) < 4.78 is 4.36. The average molecular weight is 486 g/mol. The summed E-state index contributed by atoms with van der Waals surface area (Å²) in [5.74, 6) is 0.528. The number of imidazole rings is 1. The van der Waals surface area contributed by atoms with Crippen molar-refractivity contribution in [2.24, 2.45) is 12.8 Å². The van der Waals surface area contributed by atoms with Gasteiger partial charge in [-0.25, -0.2) is 19.3 Å². The Morgan fingerprint density at radius 2 is 1.89 bits per heavy atom. The molecule has 4 N–H and O–H groups in total. The molecule has 0 amide bonds. The molecule has 1 aliphatic heterocycles. The quantitative estimate of drug-likeness (QED) is 0.393. The number of rotatable bonds is 5. The number of piperidine rings is 1. The van der Waals surface area contributed by atoms with Crippen molar-refractivity contribution in [2.45, 2.75) is 32.0 Å². The van der Waals surface area contributed by atoms with Crippen LogP contribution >= 0.6 is 0 Å². The van der Waals surface area contributed by atoms with E-state index >= 15 is 0 Å². The van der Waals surface area contributed by atoms with E-state index in [0.29, 0.717) is 23.9 Å². The standard InChI is InChI=1S/C25H27N9O2/c1-31-23(35)21-22(24(36)34(31)15-19-9-4-8-18(12-26)29-19)33(13-16-6-2-3-10-20(16)28)25(30-21)32-11-5-7-17(27)14-32/h2-4,6,8-10,17H,5,7,11,13-15,27-28H2,1H3. The van der Waals surface area contributed by atoms with Crippen molar-refractivity contribution in [1.82, 2.24) is 23.9 Å². The zero-order chi connectivity index (χ0) is 25.4. The summed E-state index contributed by atoms with van der Waals surface area (Å²) in [6, 6.07) is 14.4. The Kier molecular flexibility index (Phi) is 6.03. The summed E-state index contributed by atoms with van der Waals surface area (Å²) in [5, 5.41) is 9.20. The first-order chi connectivity index (χ1) is 17.4. The highest BCUT2D eigenvalue weighted by atomic mass is 16.2. The molecule has 1 saturated heterocycles. The fourth-order valence-electron chi connectivity index (χ4n) is 4.72. The third-order valence-electron chi connectivity index (χ3n) is 6.60. The SMILES string of the molecule is Cn1c(=O)c2nc(N3CCCC(N)C3)n(Cc3ccccc3N)c2c(=O)n1Cc1cccc(C#N)n1. The number of hydrogen-bond donors (Lipinski definition) is 2. The Bertz CT molecular complexity index is 1610. The molecule has 1 aliphatic rings. The number of nitrogens with two attached hydrogens (primary N) is 2. The number of para-hydroxylation sites is 1. The summed E-state index contributed by atoms with van der Waals surface area (Å²) in [6.45, 7) is 1.60. The van der Waals surface area contributed by atoms with Crippen LogP contribution < -0.4 is 27.5 Å². The van der Waals surface area contributed by atoms with Gasteiger partial charge >= 0.3 is 0 Å². The second-order valence-corrected chi connectivity index (χ2v) is 9.06. The van der Waals surface area contributed by atoms with E-state index in [1.54, 1.807) is 28.8 Å². The van der Waals surface area contributed by atoms with Crippen molar-refractivity contribution < 1.29 is 0 Å². The van der Waals surface area contributed by atoms with Crippen LogP contribution in [0.1, 0.15) is 29.8 Å². The number of pyridine rings is 1. The van der Waals surface area contributed by atoms with Crippen LogP contribution in [0, 0.1) is 11.3 Å². The lowest BCUT2D eigenvalue weighted by Crippen LogP contribution is -2.44. The minimum absolute atomic E-state index is 0.0215. The molecule has 184 valence electrons. The van der Waals surface area contributed by atoms with Crippen molar-refractivity contribution in [1.29, 1.82) is 5.26 Å². The van der Waals surface area contributed by atoms with Gasteiger partial charge in [-0.1, -0.05) is 24.3 Å². The Morgan fingerprint density at radius 3 is 2.64 bits per heavy atom. The molecule has 0 aliphatic carbocycles. The molecule has 5 rings (SSSR count). The second kappa shape index (κ2) is 9.31. The van der Waals surface area contributed by atoms with Gasteiger partial charge in [0.15, 0.2) is 5.52 Å². The topological polar surface area (TPSA) is 154 Å². The van der Waals surface area contributed by atoms with Gasteiger partial charge in [0.1, 0.15) is 17.3 Å². The highest BCUT2D eigenvalue weighted by Crippen LogP contribution is 2.25. The van der Waals surface area contributed by atoms with Crippen LogP contribution in [0.2, 0.25) is 0 Å². The average Bonchev–Trinajstić information content (AvgIpc) is 3.26. The predicted molar refractivity (Wildman–Crippen MR) is 137 cm³/mol. The predicted octanol–water partition coefficient (Wildman–Crippen LogP) is 0.770. The fraction of sp³-hybridized carbons (Fsp3) is 0.320. The molecule has 1 unspecified atom stereocenters. The Balaban J connectivity index is 1.73. The van der Waals surface area contributed by atoms with Gasteiger partial charge < -0.3 is 20.9 Å². The van der Waals surface area contributed by atoms with Gasteiger partial charge in [0.2, 0.25) is 5.95 Å². The molecule has 0 spiro atoms. The van der Waals surface area contributed by atoms with Gasteiger partial charge in [0.25, 0.3) is 11.1 Å². The third kappa shape index (κ3) is 4.12. The van der Waals surface area contributed by atoms with E-state index in [9.17, 15) is 14.9 Å². The maximum Gasteiger partial charge on any atom is 0.293 e. The van der Waals surface area contributed by atoms with Crippen LogP contribution in [-0.4, -0.2) is 43.0 Å². The van der Waals surface area contributed by atoms with Crippen LogP contribution in [0.4, 0.5) is 11.6 Å². The smallest absolute Gasteiger partial charge is 0.293 e. The zero-order valence-corrected chi connectivity index (χ0v) is 20.0. The number of benzene rings is 1. The molecule has 0 bridgehead atoms. The van der Waals surface area contributed by atoms with Crippen LogP contribution in [0.25, 0.3) is 11.0 Å². The minimum atomic E-state index is -0.400. The van der Waals surface area contributed by atoms with Gasteiger partial charge in [0.05, 0.1) is 18.8 Å². The first kappa shape index (κ1) is 23.3. The first-order valence-electron chi connectivity index (χ1n) is 11.8. The zero-order valence-electron chi connectivity index (χ0n) is 20.0. The molecular weight excluding hydrogens is 458 g/mol. The number of anilines is 2. The number of nitriles is 1. The van der Waals surface area contributed by atoms with Crippen LogP contribution in [0.3, 0.4) is 0 Å². The number of nitrogens with zero attached hydrogens (tertiary/aromatic N) is 7. The minimum Gasteiger partial charge on any atom is -0.398 e. The van der Waals surface area contributed by atoms with Gasteiger partial charge in [-0.3, -0.25) is 9.59 Å². The van der Waals surface area contributed by atoms with Crippen LogP contribution in [0.15, 0.2) is 52.1 Å². The second-order valence-electron chi connectivity index (χ2n) is 9.06. The highest BCUT2D eigenvalue weighted by Gasteiger charge is 2.27. The van der Waals surface area contributed by atoms with E-state index < -0.39 is 5.56 Å². The number of hydrogen-bond acceptors (Lipinski definition) is 8. The fourth-order valence-corrected chi connectivity index (χ4v) is 4.72. The summed E-state index contributed by atoms with van der Waals surface area (Å²) >= 11 is 0.